The minimum absolute atomic E-state index is 0.0883. The summed E-state index contributed by atoms with van der Waals surface area (Å²) in [5.74, 6) is 0. The number of nitrogens with zero attached hydrogens (tertiary/aromatic N) is 4. The van der Waals surface area contributed by atoms with Gasteiger partial charge in [0.05, 0.1) is 28.6 Å². The van der Waals surface area contributed by atoms with Crippen molar-refractivity contribution in [3.8, 4) is 0 Å². The first kappa shape index (κ1) is 16.0. The molecule has 0 fully saturated rings. The third kappa shape index (κ3) is 4.08. The van der Waals surface area contributed by atoms with E-state index in [1.807, 2.05) is 28.6 Å². The number of rotatable bonds is 5. The summed E-state index contributed by atoms with van der Waals surface area (Å²) >= 11 is 6.33. The first-order valence-electron chi connectivity index (χ1n) is 7.29. The molecule has 2 rings (SSSR count). The zero-order valence-corrected chi connectivity index (χ0v) is 14.2. The average Bonchev–Trinajstić information content (AvgIpc) is 2.95. The van der Waals surface area contributed by atoms with Crippen LogP contribution in [-0.2, 0) is 19.6 Å². The van der Waals surface area contributed by atoms with Crippen molar-refractivity contribution in [2.24, 2.45) is 0 Å². The molecule has 2 aromatic heterocycles. The third-order valence-corrected chi connectivity index (χ3v) is 3.75. The Kier molecular flexibility index (Phi) is 4.74. The lowest BCUT2D eigenvalue weighted by Crippen LogP contribution is -2.35. The van der Waals surface area contributed by atoms with Crippen molar-refractivity contribution in [3.63, 3.8) is 0 Å². The fourth-order valence-electron chi connectivity index (χ4n) is 2.12. The second kappa shape index (κ2) is 6.20. The zero-order chi connectivity index (χ0) is 15.6. The van der Waals surface area contributed by atoms with Crippen LogP contribution in [0.25, 0.3) is 0 Å². The van der Waals surface area contributed by atoms with Crippen LogP contribution in [0.5, 0.6) is 0 Å². The van der Waals surface area contributed by atoms with Crippen LogP contribution in [0.3, 0.4) is 0 Å². The molecule has 0 aliphatic heterocycles. The van der Waals surface area contributed by atoms with E-state index in [4.69, 9.17) is 11.6 Å². The Hall–Kier alpha value is -1.33. The van der Waals surface area contributed by atoms with Gasteiger partial charge in [-0.3, -0.25) is 9.36 Å². The molecule has 116 valence electrons. The summed E-state index contributed by atoms with van der Waals surface area (Å²) in [5.41, 5.74) is 3.00. The number of hydrogen-bond donors (Lipinski definition) is 1. The largest absolute Gasteiger partial charge is 0.306 e. The van der Waals surface area contributed by atoms with Gasteiger partial charge in [0.25, 0.3) is 0 Å². The van der Waals surface area contributed by atoms with E-state index in [0.717, 1.165) is 35.2 Å². The smallest absolute Gasteiger partial charge is 0.0866 e. The average molecular weight is 310 g/mol. The summed E-state index contributed by atoms with van der Waals surface area (Å²) in [6.07, 6.45) is 1.98. The maximum atomic E-state index is 6.33. The van der Waals surface area contributed by atoms with Crippen LogP contribution in [0.2, 0.25) is 5.02 Å². The fourth-order valence-corrected chi connectivity index (χ4v) is 2.31. The van der Waals surface area contributed by atoms with Gasteiger partial charge in [0.2, 0.25) is 0 Å². The highest BCUT2D eigenvalue weighted by Gasteiger charge is 2.14. The van der Waals surface area contributed by atoms with E-state index >= 15 is 0 Å². The van der Waals surface area contributed by atoms with Gasteiger partial charge in [0.15, 0.2) is 0 Å². The molecular weight excluding hydrogens is 286 g/mol. The lowest BCUT2D eigenvalue weighted by Gasteiger charge is -2.19. The maximum Gasteiger partial charge on any atom is 0.0866 e. The molecule has 0 saturated heterocycles. The first-order valence-corrected chi connectivity index (χ1v) is 7.67. The van der Waals surface area contributed by atoms with Crippen LogP contribution in [0.1, 0.15) is 44.8 Å². The molecule has 0 spiro atoms. The van der Waals surface area contributed by atoms with Gasteiger partial charge in [-0.2, -0.15) is 10.2 Å². The number of aryl methyl sites for hydroxylation is 2. The Labute approximate surface area is 131 Å². The molecule has 1 N–H and O–H groups in total. The van der Waals surface area contributed by atoms with Crippen molar-refractivity contribution in [3.05, 3.63) is 34.4 Å². The molecular formula is C15H24ClN5. The molecule has 0 aliphatic rings. The van der Waals surface area contributed by atoms with E-state index in [0.29, 0.717) is 6.54 Å². The van der Waals surface area contributed by atoms with Crippen molar-refractivity contribution in [1.82, 2.24) is 24.9 Å². The Morgan fingerprint density at radius 3 is 2.62 bits per heavy atom. The second-order valence-electron chi connectivity index (χ2n) is 6.27. The summed E-state index contributed by atoms with van der Waals surface area (Å²) in [4.78, 5) is 0. The molecule has 0 unspecified atom stereocenters. The van der Waals surface area contributed by atoms with Gasteiger partial charge in [0.1, 0.15) is 0 Å². The van der Waals surface area contributed by atoms with Crippen LogP contribution in [-0.4, -0.2) is 25.1 Å². The quantitative estimate of drug-likeness (QED) is 0.923. The summed E-state index contributed by atoms with van der Waals surface area (Å²) in [5, 5.41) is 13.2. The third-order valence-electron chi connectivity index (χ3n) is 3.26. The van der Waals surface area contributed by atoms with Crippen LogP contribution in [0.15, 0.2) is 12.3 Å². The van der Waals surface area contributed by atoms with Gasteiger partial charge < -0.3 is 5.32 Å². The minimum atomic E-state index is 0.0883. The maximum absolute atomic E-state index is 6.33. The van der Waals surface area contributed by atoms with Gasteiger partial charge >= 0.3 is 0 Å². The molecule has 0 aromatic carbocycles. The van der Waals surface area contributed by atoms with E-state index in [1.54, 1.807) is 0 Å². The minimum Gasteiger partial charge on any atom is -0.306 e. The first-order chi connectivity index (χ1) is 9.80. The summed E-state index contributed by atoms with van der Waals surface area (Å²) in [7, 11) is 0. The molecule has 0 bridgehead atoms. The molecule has 5 nitrogen and oxygen atoms in total. The number of nitrogens with one attached hydrogen (secondary N) is 1. The number of aromatic nitrogens is 4. The van der Waals surface area contributed by atoms with Gasteiger partial charge in [-0.05, 0) is 40.7 Å². The summed E-state index contributed by atoms with van der Waals surface area (Å²) in [6, 6.07) is 2.03. The van der Waals surface area contributed by atoms with Crippen molar-refractivity contribution < 1.29 is 0 Å². The van der Waals surface area contributed by atoms with Gasteiger partial charge in [-0.1, -0.05) is 11.6 Å². The predicted octanol–water partition coefficient (Wildman–Crippen LogP) is 3.00. The highest BCUT2D eigenvalue weighted by Crippen LogP contribution is 2.21. The van der Waals surface area contributed by atoms with E-state index in [-0.39, 0.29) is 5.54 Å². The highest BCUT2D eigenvalue weighted by molar-refractivity contribution is 6.31. The van der Waals surface area contributed by atoms with E-state index in [1.165, 1.54) is 0 Å². The van der Waals surface area contributed by atoms with E-state index in [2.05, 4.69) is 43.2 Å². The number of hydrogen-bond acceptors (Lipinski definition) is 3. The molecule has 0 saturated carbocycles. The Morgan fingerprint density at radius 1 is 1.29 bits per heavy atom. The summed E-state index contributed by atoms with van der Waals surface area (Å²) in [6.45, 7) is 12.6. The monoisotopic (exact) mass is 309 g/mol. The van der Waals surface area contributed by atoms with Crippen molar-refractivity contribution in [1.29, 1.82) is 0 Å². The lowest BCUT2D eigenvalue weighted by molar-refractivity contribution is 0.419. The Bertz CT molecular complexity index is 606. The van der Waals surface area contributed by atoms with Crippen molar-refractivity contribution in [2.75, 3.05) is 0 Å². The Morgan fingerprint density at radius 2 is 2.00 bits per heavy atom. The van der Waals surface area contributed by atoms with Crippen LogP contribution < -0.4 is 5.32 Å². The fraction of sp³-hybridized carbons (Fsp3) is 0.600. The van der Waals surface area contributed by atoms with Crippen LogP contribution >= 0.6 is 11.6 Å². The predicted molar refractivity (Wildman–Crippen MR) is 85.6 cm³/mol. The van der Waals surface area contributed by atoms with E-state index in [9.17, 15) is 0 Å². The van der Waals surface area contributed by atoms with E-state index < -0.39 is 0 Å². The second-order valence-corrected chi connectivity index (χ2v) is 6.65. The van der Waals surface area contributed by atoms with Gasteiger partial charge in [-0.25, -0.2) is 0 Å². The molecule has 0 aliphatic carbocycles. The zero-order valence-electron chi connectivity index (χ0n) is 13.4. The molecule has 0 amide bonds. The van der Waals surface area contributed by atoms with Crippen molar-refractivity contribution >= 4 is 11.6 Å². The van der Waals surface area contributed by atoms with Crippen LogP contribution in [0, 0.1) is 6.92 Å². The van der Waals surface area contributed by atoms with Gasteiger partial charge in [0, 0.05) is 24.8 Å². The van der Waals surface area contributed by atoms with Crippen LogP contribution in [0.4, 0.5) is 0 Å². The molecule has 21 heavy (non-hydrogen) atoms. The topological polar surface area (TPSA) is 47.7 Å². The Balaban J connectivity index is 2.09. The number of halogens is 1. The molecule has 2 heterocycles. The summed E-state index contributed by atoms with van der Waals surface area (Å²) < 4.78 is 3.85. The highest BCUT2D eigenvalue weighted by atomic mass is 35.5. The SMILES string of the molecule is CCn1nc(C)c(Cl)c1Cn1ccc(CNC(C)(C)C)n1. The molecule has 2 aromatic rings. The standard InChI is InChI=1S/C15H24ClN5/c1-6-21-13(14(16)11(2)18-21)10-20-8-7-12(19-20)9-17-15(3,4)5/h7-8,17H,6,9-10H2,1-5H3. The molecule has 6 heteroatoms. The molecule has 0 radical (unpaired) electrons. The lowest BCUT2D eigenvalue weighted by atomic mass is 10.1. The normalized spacial score (nSPS) is 12.1. The van der Waals surface area contributed by atoms with Gasteiger partial charge in [-0.15, -0.1) is 0 Å². The van der Waals surface area contributed by atoms with Crippen molar-refractivity contribution in [2.45, 2.75) is 59.8 Å². The molecule has 0 atom stereocenters.